The topological polar surface area (TPSA) is 12.9 Å². The number of thioether (sulfide) groups is 1. The molecule has 0 aliphatic carbocycles. The molecule has 0 saturated carbocycles. The van der Waals surface area contributed by atoms with E-state index in [1.165, 1.54) is 4.90 Å². The lowest BCUT2D eigenvalue weighted by Gasteiger charge is -2.04. The number of rotatable bonds is 3. The minimum atomic E-state index is 0.802. The maximum absolute atomic E-state index is 6.14. The van der Waals surface area contributed by atoms with Gasteiger partial charge in [-0.15, -0.1) is 11.8 Å². The molecule has 1 heterocycles. The molecule has 1 nitrogen and oxygen atoms in total. The smallest absolute Gasteiger partial charge is 0.0457 e. The summed E-state index contributed by atoms with van der Waals surface area (Å²) in [5, 5.41) is 0.802. The van der Waals surface area contributed by atoms with Gasteiger partial charge in [0.05, 0.1) is 0 Å². The van der Waals surface area contributed by atoms with E-state index in [1.807, 2.05) is 30.3 Å². The van der Waals surface area contributed by atoms with Crippen molar-refractivity contribution in [1.82, 2.24) is 4.98 Å². The summed E-state index contributed by atoms with van der Waals surface area (Å²) in [6, 6.07) is 9.97. The van der Waals surface area contributed by atoms with E-state index in [4.69, 9.17) is 11.6 Å². The second-order valence-corrected chi connectivity index (χ2v) is 5.58. The van der Waals surface area contributed by atoms with Crippen molar-refractivity contribution in [2.45, 2.75) is 10.6 Å². The van der Waals surface area contributed by atoms with Crippen LogP contribution in [0.4, 0.5) is 0 Å². The van der Waals surface area contributed by atoms with E-state index >= 15 is 0 Å². The fourth-order valence-corrected chi connectivity index (χ4v) is 2.94. The minimum Gasteiger partial charge on any atom is -0.265 e. The molecule has 1 aromatic carbocycles. The van der Waals surface area contributed by atoms with Crippen molar-refractivity contribution in [1.29, 1.82) is 0 Å². The first-order valence-electron chi connectivity index (χ1n) is 4.72. The summed E-state index contributed by atoms with van der Waals surface area (Å²) in [5.74, 6) is 0.871. The third-order valence-corrected chi connectivity index (χ3v) is 3.97. The fraction of sp³-hybridized carbons (Fsp3) is 0.0833. The van der Waals surface area contributed by atoms with Gasteiger partial charge in [-0.25, -0.2) is 0 Å². The Morgan fingerprint density at radius 3 is 2.62 bits per heavy atom. The first-order valence-corrected chi connectivity index (χ1v) is 6.88. The highest BCUT2D eigenvalue weighted by Crippen LogP contribution is 2.28. The van der Waals surface area contributed by atoms with E-state index in [1.54, 1.807) is 24.2 Å². The van der Waals surface area contributed by atoms with Gasteiger partial charge in [0, 0.05) is 32.5 Å². The molecule has 82 valence electrons. The maximum Gasteiger partial charge on any atom is 0.0457 e. The second kappa shape index (κ2) is 5.71. The number of halogens is 2. The predicted molar refractivity (Wildman–Crippen MR) is 73.0 cm³/mol. The summed E-state index contributed by atoms with van der Waals surface area (Å²) >= 11 is 11.3. The van der Waals surface area contributed by atoms with Gasteiger partial charge in [-0.05, 0) is 29.8 Å². The van der Waals surface area contributed by atoms with E-state index in [0.29, 0.717) is 0 Å². The van der Waals surface area contributed by atoms with Crippen molar-refractivity contribution in [2.24, 2.45) is 0 Å². The zero-order valence-electron chi connectivity index (χ0n) is 8.36. The van der Waals surface area contributed by atoms with Gasteiger partial charge in [0.25, 0.3) is 0 Å². The Hall–Kier alpha value is -0.510. The zero-order chi connectivity index (χ0) is 11.4. The quantitative estimate of drug-likeness (QED) is 0.756. The lowest BCUT2D eigenvalue weighted by atomic mass is 10.2. The lowest BCUT2D eigenvalue weighted by molar-refractivity contribution is 1.26. The highest BCUT2D eigenvalue weighted by molar-refractivity contribution is 9.10. The summed E-state index contributed by atoms with van der Waals surface area (Å²) in [7, 11) is 0. The molecule has 0 aliphatic rings. The van der Waals surface area contributed by atoms with Crippen molar-refractivity contribution in [2.75, 3.05) is 0 Å². The van der Waals surface area contributed by atoms with Crippen LogP contribution in [0.25, 0.3) is 0 Å². The molecule has 0 atom stereocenters. The molecule has 0 amide bonds. The highest BCUT2D eigenvalue weighted by Gasteiger charge is 2.01. The molecule has 0 spiro atoms. The van der Waals surface area contributed by atoms with Gasteiger partial charge >= 0.3 is 0 Å². The highest BCUT2D eigenvalue weighted by atomic mass is 79.9. The summed E-state index contributed by atoms with van der Waals surface area (Å²) in [6.07, 6.45) is 3.59. The SMILES string of the molecule is Clc1cc(Br)ccc1CSc1ccncc1. The maximum atomic E-state index is 6.14. The summed E-state index contributed by atoms with van der Waals surface area (Å²) in [4.78, 5) is 5.19. The fourth-order valence-electron chi connectivity index (χ4n) is 1.23. The molecule has 0 aliphatic heterocycles. The molecule has 0 N–H and O–H groups in total. The van der Waals surface area contributed by atoms with Gasteiger partial charge < -0.3 is 0 Å². The van der Waals surface area contributed by atoms with Crippen molar-refractivity contribution >= 4 is 39.3 Å². The van der Waals surface area contributed by atoms with Crippen LogP contribution in [0.3, 0.4) is 0 Å². The van der Waals surface area contributed by atoms with Crippen molar-refractivity contribution in [3.63, 3.8) is 0 Å². The number of benzene rings is 1. The van der Waals surface area contributed by atoms with Gasteiger partial charge in [0.1, 0.15) is 0 Å². The van der Waals surface area contributed by atoms with Crippen LogP contribution >= 0.6 is 39.3 Å². The van der Waals surface area contributed by atoms with E-state index in [9.17, 15) is 0 Å². The van der Waals surface area contributed by atoms with Gasteiger partial charge in [-0.2, -0.15) is 0 Å². The molecule has 0 radical (unpaired) electrons. The third kappa shape index (κ3) is 3.24. The Morgan fingerprint density at radius 2 is 1.94 bits per heavy atom. The van der Waals surface area contributed by atoms with Gasteiger partial charge in [-0.1, -0.05) is 33.6 Å². The van der Waals surface area contributed by atoms with E-state index in [0.717, 1.165) is 20.8 Å². The van der Waals surface area contributed by atoms with Crippen LogP contribution in [0, 0.1) is 0 Å². The van der Waals surface area contributed by atoms with E-state index < -0.39 is 0 Å². The Labute approximate surface area is 112 Å². The minimum absolute atomic E-state index is 0.802. The first-order chi connectivity index (χ1) is 7.75. The molecule has 0 saturated heterocycles. The molecule has 2 rings (SSSR count). The molecular formula is C12H9BrClNS. The molecule has 0 unspecified atom stereocenters. The van der Waals surface area contributed by atoms with Crippen LogP contribution in [-0.2, 0) is 5.75 Å². The van der Waals surface area contributed by atoms with Crippen LogP contribution in [0.15, 0.2) is 52.1 Å². The summed E-state index contributed by atoms with van der Waals surface area (Å²) in [5.41, 5.74) is 1.15. The first kappa shape index (κ1) is 12.0. The summed E-state index contributed by atoms with van der Waals surface area (Å²) < 4.78 is 1.01. The lowest BCUT2D eigenvalue weighted by Crippen LogP contribution is -1.83. The Morgan fingerprint density at radius 1 is 1.19 bits per heavy atom. The monoisotopic (exact) mass is 313 g/mol. The Balaban J connectivity index is 2.05. The summed E-state index contributed by atoms with van der Waals surface area (Å²) in [6.45, 7) is 0. The molecule has 0 bridgehead atoms. The van der Waals surface area contributed by atoms with Gasteiger partial charge in [0.15, 0.2) is 0 Å². The number of hydrogen-bond donors (Lipinski definition) is 0. The molecule has 16 heavy (non-hydrogen) atoms. The van der Waals surface area contributed by atoms with Crippen LogP contribution in [0.2, 0.25) is 5.02 Å². The molecule has 1 aromatic heterocycles. The average Bonchev–Trinajstić information content (AvgIpc) is 2.29. The van der Waals surface area contributed by atoms with Gasteiger partial charge in [0.2, 0.25) is 0 Å². The molecule has 0 fully saturated rings. The Bertz CT molecular complexity index is 476. The number of hydrogen-bond acceptors (Lipinski definition) is 2. The zero-order valence-corrected chi connectivity index (χ0v) is 11.5. The number of pyridine rings is 1. The van der Waals surface area contributed by atoms with E-state index in [-0.39, 0.29) is 0 Å². The Kier molecular flexibility index (Phi) is 4.27. The second-order valence-electron chi connectivity index (χ2n) is 3.21. The molecule has 2 aromatic rings. The molecular weight excluding hydrogens is 306 g/mol. The number of aromatic nitrogens is 1. The van der Waals surface area contributed by atoms with E-state index in [2.05, 4.69) is 20.9 Å². The average molecular weight is 315 g/mol. The number of nitrogens with zero attached hydrogens (tertiary/aromatic N) is 1. The third-order valence-electron chi connectivity index (χ3n) is 2.06. The van der Waals surface area contributed by atoms with Crippen molar-refractivity contribution in [3.05, 3.63) is 57.8 Å². The predicted octanol–water partition coefficient (Wildman–Crippen LogP) is 4.79. The van der Waals surface area contributed by atoms with Crippen LogP contribution in [-0.4, -0.2) is 4.98 Å². The largest absolute Gasteiger partial charge is 0.265 e. The molecule has 4 heteroatoms. The van der Waals surface area contributed by atoms with Crippen molar-refractivity contribution in [3.8, 4) is 0 Å². The van der Waals surface area contributed by atoms with Crippen molar-refractivity contribution < 1.29 is 0 Å². The standard InChI is InChI=1S/C12H9BrClNS/c13-10-2-1-9(12(14)7-10)8-16-11-3-5-15-6-4-11/h1-7H,8H2. The van der Waals surface area contributed by atoms with Crippen LogP contribution < -0.4 is 0 Å². The van der Waals surface area contributed by atoms with Gasteiger partial charge in [-0.3, -0.25) is 4.98 Å². The normalized spacial score (nSPS) is 10.4. The van der Waals surface area contributed by atoms with Crippen LogP contribution in [0.1, 0.15) is 5.56 Å². The van der Waals surface area contributed by atoms with Crippen LogP contribution in [0.5, 0.6) is 0 Å².